The predicted molar refractivity (Wildman–Crippen MR) is 151 cm³/mol. The van der Waals surface area contributed by atoms with Gasteiger partial charge in [-0.3, -0.25) is 4.79 Å². The standard InChI is InChI=1S/C32H40N2O2/c1-5-34(6-2)31(35)19-13-18-30(26-14-9-7-10-15-26)32(27-16-11-8-12-17-27)28-20-22-29(23-21-28)36-25-24-33(3)4/h7-12,14-17,20-23H,5-6,13,18-19,24-25H2,1-4H3/b32-30-. The smallest absolute Gasteiger partial charge is 0.222 e. The van der Waals surface area contributed by atoms with Crippen molar-refractivity contribution in [2.75, 3.05) is 40.3 Å². The SMILES string of the molecule is CCN(CC)C(=O)CCC/C(=C(\c1ccccc1)c1ccc(OCCN(C)C)cc1)c1ccccc1. The third-order valence-corrected chi connectivity index (χ3v) is 6.37. The molecule has 0 heterocycles. The summed E-state index contributed by atoms with van der Waals surface area (Å²) in [6, 6.07) is 29.5. The van der Waals surface area contributed by atoms with Gasteiger partial charge in [-0.1, -0.05) is 72.8 Å². The summed E-state index contributed by atoms with van der Waals surface area (Å²) in [5, 5.41) is 0. The minimum Gasteiger partial charge on any atom is -0.492 e. The van der Waals surface area contributed by atoms with Crippen molar-refractivity contribution in [3.63, 3.8) is 0 Å². The molecule has 0 unspecified atom stereocenters. The van der Waals surface area contributed by atoms with Crippen LogP contribution in [-0.4, -0.2) is 56.0 Å². The van der Waals surface area contributed by atoms with Crippen LogP contribution in [0.5, 0.6) is 5.75 Å². The Kier molecular flexibility index (Phi) is 10.8. The van der Waals surface area contributed by atoms with E-state index in [1.54, 1.807) is 0 Å². The summed E-state index contributed by atoms with van der Waals surface area (Å²) in [5.74, 6) is 1.10. The van der Waals surface area contributed by atoms with Gasteiger partial charge >= 0.3 is 0 Å². The van der Waals surface area contributed by atoms with Gasteiger partial charge in [0.05, 0.1) is 0 Å². The fourth-order valence-corrected chi connectivity index (χ4v) is 4.39. The molecule has 1 amide bonds. The molecule has 0 N–H and O–H groups in total. The minimum atomic E-state index is 0.230. The zero-order chi connectivity index (χ0) is 25.8. The third kappa shape index (κ3) is 7.82. The van der Waals surface area contributed by atoms with E-state index in [-0.39, 0.29) is 5.91 Å². The van der Waals surface area contributed by atoms with Gasteiger partial charge < -0.3 is 14.5 Å². The van der Waals surface area contributed by atoms with Gasteiger partial charge in [0.1, 0.15) is 12.4 Å². The van der Waals surface area contributed by atoms with E-state index in [0.717, 1.165) is 43.8 Å². The second-order valence-electron chi connectivity index (χ2n) is 9.18. The van der Waals surface area contributed by atoms with E-state index < -0.39 is 0 Å². The van der Waals surface area contributed by atoms with Crippen molar-refractivity contribution < 1.29 is 9.53 Å². The molecule has 3 aromatic rings. The summed E-state index contributed by atoms with van der Waals surface area (Å²) < 4.78 is 5.94. The van der Waals surface area contributed by atoms with Crippen LogP contribution in [0.15, 0.2) is 84.9 Å². The first kappa shape index (κ1) is 27.2. The predicted octanol–water partition coefficient (Wildman–Crippen LogP) is 6.62. The maximum Gasteiger partial charge on any atom is 0.222 e. The lowest BCUT2D eigenvalue weighted by Gasteiger charge is -2.20. The molecule has 36 heavy (non-hydrogen) atoms. The summed E-state index contributed by atoms with van der Waals surface area (Å²) in [7, 11) is 4.09. The Morgan fingerprint density at radius 1 is 0.722 bits per heavy atom. The van der Waals surface area contributed by atoms with Crippen LogP contribution in [0.25, 0.3) is 11.1 Å². The lowest BCUT2D eigenvalue weighted by Crippen LogP contribution is -2.30. The van der Waals surface area contributed by atoms with Crippen LogP contribution in [0.3, 0.4) is 0 Å². The number of likely N-dealkylation sites (N-methyl/N-ethyl adjacent to an activating group) is 1. The molecular weight excluding hydrogens is 444 g/mol. The minimum absolute atomic E-state index is 0.230. The number of rotatable bonds is 13. The first-order valence-electron chi connectivity index (χ1n) is 13.0. The number of allylic oxidation sites excluding steroid dienone is 1. The lowest BCUT2D eigenvalue weighted by molar-refractivity contribution is -0.130. The largest absolute Gasteiger partial charge is 0.492 e. The molecule has 0 radical (unpaired) electrons. The quantitative estimate of drug-likeness (QED) is 0.255. The van der Waals surface area contributed by atoms with Crippen LogP contribution in [0.4, 0.5) is 0 Å². The first-order chi connectivity index (χ1) is 17.5. The molecule has 3 aromatic carbocycles. The molecule has 0 atom stereocenters. The van der Waals surface area contributed by atoms with Gasteiger partial charge in [-0.25, -0.2) is 0 Å². The highest BCUT2D eigenvalue weighted by Gasteiger charge is 2.16. The third-order valence-electron chi connectivity index (χ3n) is 6.37. The Morgan fingerprint density at radius 3 is 1.83 bits per heavy atom. The van der Waals surface area contributed by atoms with Gasteiger partial charge in [-0.15, -0.1) is 0 Å². The Bertz CT molecular complexity index is 1090. The molecule has 0 fully saturated rings. The van der Waals surface area contributed by atoms with Crippen molar-refractivity contribution in [2.45, 2.75) is 33.1 Å². The molecule has 0 bridgehead atoms. The van der Waals surface area contributed by atoms with Crippen molar-refractivity contribution >= 4 is 17.1 Å². The average Bonchev–Trinajstić information content (AvgIpc) is 2.90. The molecule has 0 aliphatic carbocycles. The summed E-state index contributed by atoms with van der Waals surface area (Å²) in [4.78, 5) is 16.7. The van der Waals surface area contributed by atoms with E-state index in [1.807, 2.05) is 45.0 Å². The fraction of sp³-hybridized carbons (Fsp3) is 0.344. The van der Waals surface area contributed by atoms with Crippen LogP contribution >= 0.6 is 0 Å². The van der Waals surface area contributed by atoms with Crippen LogP contribution in [0, 0.1) is 0 Å². The van der Waals surface area contributed by atoms with Crippen LogP contribution < -0.4 is 4.74 Å². The summed E-state index contributed by atoms with van der Waals surface area (Å²) in [6.45, 7) is 7.13. The molecule has 3 rings (SSSR count). The lowest BCUT2D eigenvalue weighted by atomic mass is 9.87. The highest BCUT2D eigenvalue weighted by molar-refractivity contribution is 5.98. The maximum absolute atomic E-state index is 12.7. The summed E-state index contributed by atoms with van der Waals surface area (Å²) in [5.41, 5.74) is 5.98. The number of amides is 1. The van der Waals surface area contributed by atoms with E-state index in [1.165, 1.54) is 22.3 Å². The van der Waals surface area contributed by atoms with E-state index in [9.17, 15) is 4.79 Å². The fourth-order valence-electron chi connectivity index (χ4n) is 4.39. The zero-order valence-corrected chi connectivity index (χ0v) is 22.2. The molecule has 0 spiro atoms. The van der Waals surface area contributed by atoms with Crippen molar-refractivity contribution in [2.24, 2.45) is 0 Å². The Balaban J connectivity index is 1.98. The zero-order valence-electron chi connectivity index (χ0n) is 22.2. The number of benzene rings is 3. The normalized spacial score (nSPS) is 11.8. The Hall–Kier alpha value is -3.37. The van der Waals surface area contributed by atoms with Gasteiger partial charge in [-0.05, 0) is 80.8 Å². The van der Waals surface area contributed by atoms with Gasteiger partial charge in [0.25, 0.3) is 0 Å². The Morgan fingerprint density at radius 2 is 1.28 bits per heavy atom. The molecular formula is C32H40N2O2. The second kappa shape index (κ2) is 14.3. The van der Waals surface area contributed by atoms with E-state index in [4.69, 9.17) is 4.74 Å². The van der Waals surface area contributed by atoms with Crippen molar-refractivity contribution in [1.29, 1.82) is 0 Å². The van der Waals surface area contributed by atoms with Gasteiger partial charge in [0.15, 0.2) is 0 Å². The molecule has 190 valence electrons. The molecule has 0 aliphatic heterocycles. The summed E-state index contributed by atoms with van der Waals surface area (Å²) in [6.07, 6.45) is 2.18. The number of carbonyl (C=O) groups is 1. The second-order valence-corrected chi connectivity index (χ2v) is 9.18. The van der Waals surface area contributed by atoms with Crippen molar-refractivity contribution in [3.8, 4) is 5.75 Å². The molecule has 0 aliphatic rings. The van der Waals surface area contributed by atoms with Crippen LogP contribution in [0.2, 0.25) is 0 Å². The number of hydrogen-bond acceptors (Lipinski definition) is 3. The number of hydrogen-bond donors (Lipinski definition) is 0. The van der Waals surface area contributed by atoms with Crippen LogP contribution in [0.1, 0.15) is 49.8 Å². The molecule has 4 heteroatoms. The average molecular weight is 485 g/mol. The number of carbonyl (C=O) groups excluding carboxylic acids is 1. The maximum atomic E-state index is 12.7. The highest BCUT2D eigenvalue weighted by Crippen LogP contribution is 2.36. The molecule has 0 saturated heterocycles. The summed E-state index contributed by atoms with van der Waals surface area (Å²) >= 11 is 0. The number of nitrogens with zero attached hydrogens (tertiary/aromatic N) is 2. The highest BCUT2D eigenvalue weighted by atomic mass is 16.5. The molecule has 4 nitrogen and oxygen atoms in total. The molecule has 0 aromatic heterocycles. The van der Waals surface area contributed by atoms with E-state index >= 15 is 0 Å². The first-order valence-corrected chi connectivity index (χ1v) is 13.0. The van der Waals surface area contributed by atoms with Gasteiger partial charge in [0.2, 0.25) is 5.91 Å². The Labute approximate surface area is 217 Å². The van der Waals surface area contributed by atoms with Crippen LogP contribution in [-0.2, 0) is 4.79 Å². The topological polar surface area (TPSA) is 32.8 Å². The van der Waals surface area contributed by atoms with Gasteiger partial charge in [0, 0.05) is 26.1 Å². The number of ether oxygens (including phenoxy) is 1. The van der Waals surface area contributed by atoms with E-state index in [2.05, 4.69) is 77.7 Å². The van der Waals surface area contributed by atoms with Gasteiger partial charge in [-0.2, -0.15) is 0 Å². The van der Waals surface area contributed by atoms with Crippen molar-refractivity contribution in [1.82, 2.24) is 9.80 Å². The van der Waals surface area contributed by atoms with Crippen molar-refractivity contribution in [3.05, 3.63) is 102 Å². The molecule has 0 saturated carbocycles. The van der Waals surface area contributed by atoms with E-state index in [0.29, 0.717) is 13.0 Å². The monoisotopic (exact) mass is 484 g/mol.